The number of nitrogens with zero attached hydrogens (tertiary/aromatic N) is 2. The third-order valence-electron chi connectivity index (χ3n) is 5.06. The van der Waals surface area contributed by atoms with E-state index in [0.717, 1.165) is 38.6 Å². The van der Waals surface area contributed by atoms with E-state index in [0.29, 0.717) is 32.1 Å². The summed E-state index contributed by atoms with van der Waals surface area (Å²) < 4.78 is 0. The minimum Gasteiger partial charge on any atom is -0.339 e. The van der Waals surface area contributed by atoms with Crippen molar-refractivity contribution in [2.24, 2.45) is 5.92 Å². The molecule has 1 aliphatic carbocycles. The Morgan fingerprint density at radius 1 is 1.15 bits per heavy atom. The Balaban J connectivity index is 1.57. The number of nitrogens with one attached hydrogen (secondary N) is 1. The van der Waals surface area contributed by atoms with Crippen molar-refractivity contribution in [1.82, 2.24) is 15.1 Å². The van der Waals surface area contributed by atoms with Gasteiger partial charge in [-0.25, -0.2) is 0 Å². The van der Waals surface area contributed by atoms with E-state index in [4.69, 9.17) is 0 Å². The van der Waals surface area contributed by atoms with Gasteiger partial charge in [0, 0.05) is 32.1 Å². The highest BCUT2D eigenvalue weighted by Gasteiger charge is 2.43. The molecule has 0 spiro atoms. The smallest absolute Gasteiger partial charge is 0.242 e. The molecule has 0 aromatic carbocycles. The number of rotatable bonds is 3. The normalized spacial score (nSPS) is 30.6. The SMILES string of the molecule is CCC1(C(=O)N2CCN(C(=O)C3CC3)CC2)CCCN1. The second-order valence-corrected chi connectivity index (χ2v) is 6.36. The Morgan fingerprint density at radius 2 is 1.80 bits per heavy atom. The zero-order valence-corrected chi connectivity index (χ0v) is 12.4. The van der Waals surface area contributed by atoms with Gasteiger partial charge in [-0.2, -0.15) is 0 Å². The summed E-state index contributed by atoms with van der Waals surface area (Å²) in [5.74, 6) is 0.841. The third-order valence-corrected chi connectivity index (χ3v) is 5.06. The highest BCUT2D eigenvalue weighted by Crippen LogP contribution is 2.31. The summed E-state index contributed by atoms with van der Waals surface area (Å²) in [4.78, 5) is 28.7. The predicted molar refractivity (Wildman–Crippen MR) is 76.1 cm³/mol. The average Bonchev–Trinajstić information content (AvgIpc) is 3.23. The van der Waals surface area contributed by atoms with Gasteiger partial charge in [0.05, 0.1) is 5.54 Å². The first-order chi connectivity index (χ1) is 9.66. The van der Waals surface area contributed by atoms with E-state index in [1.165, 1.54) is 0 Å². The van der Waals surface area contributed by atoms with E-state index < -0.39 is 0 Å². The van der Waals surface area contributed by atoms with Crippen molar-refractivity contribution in [3.05, 3.63) is 0 Å². The number of hydrogen-bond acceptors (Lipinski definition) is 3. The van der Waals surface area contributed by atoms with E-state index in [1.807, 2.05) is 9.80 Å². The average molecular weight is 279 g/mol. The molecule has 1 N–H and O–H groups in total. The summed E-state index contributed by atoms with van der Waals surface area (Å²) in [6.45, 7) is 5.84. The molecule has 3 rings (SSSR count). The molecule has 5 nitrogen and oxygen atoms in total. The van der Waals surface area contributed by atoms with Crippen LogP contribution in [-0.2, 0) is 9.59 Å². The van der Waals surface area contributed by atoms with Crippen LogP contribution < -0.4 is 5.32 Å². The second kappa shape index (κ2) is 5.35. The van der Waals surface area contributed by atoms with Gasteiger partial charge in [0.2, 0.25) is 11.8 Å². The summed E-state index contributed by atoms with van der Waals surface area (Å²) in [6, 6.07) is 0. The van der Waals surface area contributed by atoms with Crippen LogP contribution in [0.25, 0.3) is 0 Å². The van der Waals surface area contributed by atoms with Crippen molar-refractivity contribution < 1.29 is 9.59 Å². The maximum Gasteiger partial charge on any atom is 0.242 e. The summed E-state index contributed by atoms with van der Waals surface area (Å²) in [7, 11) is 0. The van der Waals surface area contributed by atoms with Crippen LogP contribution in [-0.4, -0.2) is 59.9 Å². The van der Waals surface area contributed by atoms with Gasteiger partial charge in [-0.15, -0.1) is 0 Å². The predicted octanol–water partition coefficient (Wildman–Crippen LogP) is 0.599. The lowest BCUT2D eigenvalue weighted by Gasteiger charge is -2.39. The molecule has 0 radical (unpaired) electrons. The topological polar surface area (TPSA) is 52.7 Å². The van der Waals surface area contributed by atoms with Crippen molar-refractivity contribution in [1.29, 1.82) is 0 Å². The summed E-state index contributed by atoms with van der Waals surface area (Å²) >= 11 is 0. The first-order valence-corrected chi connectivity index (χ1v) is 7.99. The van der Waals surface area contributed by atoms with Gasteiger partial charge in [-0.05, 0) is 38.6 Å². The molecular weight excluding hydrogens is 254 g/mol. The molecule has 0 aromatic rings. The monoisotopic (exact) mass is 279 g/mol. The minimum atomic E-state index is -0.331. The van der Waals surface area contributed by atoms with Crippen LogP contribution >= 0.6 is 0 Å². The van der Waals surface area contributed by atoms with E-state index in [-0.39, 0.29) is 17.4 Å². The lowest BCUT2D eigenvalue weighted by atomic mass is 9.92. The highest BCUT2D eigenvalue weighted by atomic mass is 16.2. The van der Waals surface area contributed by atoms with Crippen LogP contribution in [0.5, 0.6) is 0 Å². The lowest BCUT2D eigenvalue weighted by Crippen LogP contribution is -2.59. The number of hydrogen-bond donors (Lipinski definition) is 1. The first kappa shape index (κ1) is 13.9. The molecule has 2 saturated heterocycles. The van der Waals surface area contributed by atoms with E-state index in [1.54, 1.807) is 0 Å². The maximum atomic E-state index is 12.7. The van der Waals surface area contributed by atoms with Gasteiger partial charge < -0.3 is 15.1 Å². The quantitative estimate of drug-likeness (QED) is 0.823. The number of amides is 2. The molecule has 2 amide bonds. The van der Waals surface area contributed by atoms with E-state index in [2.05, 4.69) is 12.2 Å². The number of carbonyl (C=O) groups is 2. The Kier molecular flexibility index (Phi) is 3.71. The molecule has 112 valence electrons. The lowest BCUT2D eigenvalue weighted by molar-refractivity contribution is -0.144. The standard InChI is InChI=1S/C15H25N3O2/c1-2-15(6-3-7-16-15)14(20)18-10-8-17(9-11-18)13(19)12-4-5-12/h12,16H,2-11H2,1H3. The van der Waals surface area contributed by atoms with Crippen molar-refractivity contribution >= 4 is 11.8 Å². The van der Waals surface area contributed by atoms with Crippen molar-refractivity contribution in [3.8, 4) is 0 Å². The van der Waals surface area contributed by atoms with Gasteiger partial charge in [0.15, 0.2) is 0 Å². The van der Waals surface area contributed by atoms with E-state index >= 15 is 0 Å². The molecule has 1 unspecified atom stereocenters. The fourth-order valence-electron chi connectivity index (χ4n) is 3.46. The van der Waals surface area contributed by atoms with Gasteiger partial charge in [-0.3, -0.25) is 9.59 Å². The van der Waals surface area contributed by atoms with Crippen molar-refractivity contribution in [2.45, 2.75) is 44.6 Å². The highest BCUT2D eigenvalue weighted by molar-refractivity contribution is 5.87. The molecule has 0 bridgehead atoms. The van der Waals surface area contributed by atoms with Crippen LogP contribution in [0.15, 0.2) is 0 Å². The molecule has 1 atom stereocenters. The fraction of sp³-hybridized carbons (Fsp3) is 0.867. The molecule has 3 fully saturated rings. The van der Waals surface area contributed by atoms with Gasteiger partial charge >= 0.3 is 0 Å². The molecule has 0 aromatic heterocycles. The van der Waals surface area contributed by atoms with Crippen LogP contribution in [0, 0.1) is 5.92 Å². The third kappa shape index (κ3) is 2.43. The Bertz CT molecular complexity index is 392. The molecule has 2 heterocycles. The van der Waals surface area contributed by atoms with Crippen LogP contribution in [0.1, 0.15) is 39.0 Å². The Labute approximate surface area is 120 Å². The van der Waals surface area contributed by atoms with Crippen LogP contribution in [0.4, 0.5) is 0 Å². The molecule has 2 aliphatic heterocycles. The summed E-state index contributed by atoms with van der Waals surface area (Å²) in [5, 5.41) is 3.41. The maximum absolute atomic E-state index is 12.7. The van der Waals surface area contributed by atoms with Gasteiger partial charge in [0.25, 0.3) is 0 Å². The van der Waals surface area contributed by atoms with Crippen LogP contribution in [0.2, 0.25) is 0 Å². The van der Waals surface area contributed by atoms with E-state index in [9.17, 15) is 9.59 Å². The largest absolute Gasteiger partial charge is 0.339 e. The van der Waals surface area contributed by atoms with Gasteiger partial charge in [-0.1, -0.05) is 6.92 Å². The minimum absolute atomic E-state index is 0.246. The molecule has 3 aliphatic rings. The van der Waals surface area contributed by atoms with Crippen LogP contribution in [0.3, 0.4) is 0 Å². The molecule has 5 heteroatoms. The first-order valence-electron chi connectivity index (χ1n) is 7.99. The number of piperazine rings is 1. The Morgan fingerprint density at radius 3 is 2.30 bits per heavy atom. The zero-order chi connectivity index (χ0) is 14.2. The Hall–Kier alpha value is -1.10. The van der Waals surface area contributed by atoms with Crippen molar-refractivity contribution in [3.63, 3.8) is 0 Å². The molecule has 20 heavy (non-hydrogen) atoms. The van der Waals surface area contributed by atoms with Crippen molar-refractivity contribution in [2.75, 3.05) is 32.7 Å². The zero-order valence-electron chi connectivity index (χ0n) is 12.4. The molecule has 1 saturated carbocycles. The van der Waals surface area contributed by atoms with Gasteiger partial charge in [0.1, 0.15) is 0 Å². The summed E-state index contributed by atoms with van der Waals surface area (Å²) in [5.41, 5.74) is -0.331. The number of carbonyl (C=O) groups excluding carboxylic acids is 2. The summed E-state index contributed by atoms with van der Waals surface area (Å²) in [6.07, 6.45) is 5.00. The molecular formula is C15H25N3O2. The second-order valence-electron chi connectivity index (χ2n) is 6.36. The fourth-order valence-corrected chi connectivity index (χ4v) is 3.46.